The molecule has 26 heavy (non-hydrogen) atoms. The predicted molar refractivity (Wildman–Crippen MR) is 103 cm³/mol. The molecule has 0 atom stereocenters. The zero-order valence-electron chi connectivity index (χ0n) is 14.7. The minimum absolute atomic E-state index is 0.243. The number of imidazole rings is 1. The van der Waals surface area contributed by atoms with E-state index < -0.39 is 0 Å². The first-order valence-electron chi connectivity index (χ1n) is 8.58. The Morgan fingerprint density at radius 2 is 1.81 bits per heavy atom. The summed E-state index contributed by atoms with van der Waals surface area (Å²) in [7, 11) is 0. The zero-order chi connectivity index (χ0) is 18.3. The Hall–Kier alpha value is -2.37. The molecule has 3 aromatic rings. The topological polar surface area (TPSA) is 41.9 Å². The molecule has 0 aliphatic carbocycles. The summed E-state index contributed by atoms with van der Waals surface area (Å²) in [5.41, 5.74) is 2.37. The number of anilines is 2. The summed E-state index contributed by atoms with van der Waals surface area (Å²) in [5, 5.41) is 7.67. The fraction of sp³-hybridized carbons (Fsp3) is 0.250. The summed E-state index contributed by atoms with van der Waals surface area (Å²) < 4.78 is 15.6. The normalized spacial score (nSPS) is 15.5. The van der Waals surface area contributed by atoms with Crippen LogP contribution in [-0.4, -0.2) is 16.1 Å². The number of hydrogen-bond donors (Lipinski definition) is 2. The van der Waals surface area contributed by atoms with E-state index in [0.29, 0.717) is 5.02 Å². The van der Waals surface area contributed by atoms with Crippen LogP contribution in [0.1, 0.15) is 19.7 Å². The largest absolute Gasteiger partial charge is 0.340 e. The van der Waals surface area contributed by atoms with E-state index >= 15 is 0 Å². The molecule has 6 heteroatoms. The van der Waals surface area contributed by atoms with E-state index in [9.17, 15) is 4.39 Å². The molecule has 4 nitrogen and oxygen atoms in total. The van der Waals surface area contributed by atoms with E-state index in [0.717, 1.165) is 41.7 Å². The highest BCUT2D eigenvalue weighted by atomic mass is 35.5. The molecule has 2 aromatic carbocycles. The van der Waals surface area contributed by atoms with E-state index in [1.165, 1.54) is 12.1 Å². The van der Waals surface area contributed by atoms with Crippen molar-refractivity contribution in [1.82, 2.24) is 14.9 Å². The first-order valence-corrected chi connectivity index (χ1v) is 8.96. The van der Waals surface area contributed by atoms with Crippen LogP contribution in [-0.2, 0) is 12.1 Å². The van der Waals surface area contributed by atoms with Gasteiger partial charge in [-0.3, -0.25) is 0 Å². The number of aromatic nitrogens is 2. The van der Waals surface area contributed by atoms with E-state index in [4.69, 9.17) is 16.6 Å². The number of hydrogen-bond acceptors (Lipinski definition) is 3. The van der Waals surface area contributed by atoms with Crippen molar-refractivity contribution in [2.24, 2.45) is 0 Å². The minimum atomic E-state index is -0.257. The van der Waals surface area contributed by atoms with Crippen LogP contribution in [0.4, 0.5) is 15.9 Å². The molecule has 0 spiro atoms. The lowest BCUT2D eigenvalue weighted by atomic mass is 10.0. The Bertz CT molecular complexity index is 930. The Kier molecular flexibility index (Phi) is 4.21. The maximum absolute atomic E-state index is 13.4. The molecule has 1 aliphatic heterocycles. The van der Waals surface area contributed by atoms with Crippen LogP contribution in [0.25, 0.3) is 11.3 Å². The second-order valence-corrected chi connectivity index (χ2v) is 7.41. The maximum Gasteiger partial charge on any atom is 0.138 e. The van der Waals surface area contributed by atoms with Gasteiger partial charge in [0.15, 0.2) is 0 Å². The van der Waals surface area contributed by atoms with Crippen molar-refractivity contribution in [2.75, 3.05) is 11.9 Å². The van der Waals surface area contributed by atoms with Crippen LogP contribution in [0.15, 0.2) is 48.5 Å². The van der Waals surface area contributed by atoms with Crippen molar-refractivity contribution in [1.29, 1.82) is 0 Å². The lowest BCUT2D eigenvalue weighted by molar-refractivity contribution is 0.317. The van der Waals surface area contributed by atoms with Gasteiger partial charge in [-0.15, -0.1) is 0 Å². The highest BCUT2D eigenvalue weighted by Gasteiger charge is 2.33. The van der Waals surface area contributed by atoms with Crippen LogP contribution >= 0.6 is 11.6 Å². The molecule has 0 fully saturated rings. The minimum Gasteiger partial charge on any atom is -0.340 e. The molecule has 134 valence electrons. The van der Waals surface area contributed by atoms with Gasteiger partial charge in [0.25, 0.3) is 0 Å². The lowest BCUT2D eigenvalue weighted by Gasteiger charge is -2.32. The van der Waals surface area contributed by atoms with Gasteiger partial charge < -0.3 is 15.2 Å². The molecule has 0 saturated heterocycles. The second-order valence-electron chi connectivity index (χ2n) is 6.97. The van der Waals surface area contributed by atoms with Gasteiger partial charge in [-0.1, -0.05) is 11.6 Å². The Morgan fingerprint density at radius 3 is 2.50 bits per heavy atom. The molecule has 2 N–H and O–H groups in total. The van der Waals surface area contributed by atoms with Crippen LogP contribution in [0.3, 0.4) is 0 Å². The summed E-state index contributed by atoms with van der Waals surface area (Å²) >= 11 is 6.00. The van der Waals surface area contributed by atoms with Crippen LogP contribution in [0, 0.1) is 5.82 Å². The van der Waals surface area contributed by atoms with E-state index in [-0.39, 0.29) is 11.4 Å². The quantitative estimate of drug-likeness (QED) is 0.687. The Morgan fingerprint density at radius 1 is 1.12 bits per heavy atom. The average Bonchev–Trinajstić information content (AvgIpc) is 2.98. The lowest BCUT2D eigenvalue weighted by Crippen LogP contribution is -2.45. The molecule has 0 unspecified atom stereocenters. The zero-order valence-corrected chi connectivity index (χ0v) is 15.4. The number of nitrogens with zero attached hydrogens (tertiary/aromatic N) is 2. The van der Waals surface area contributed by atoms with Gasteiger partial charge in [0.1, 0.15) is 23.2 Å². The first-order chi connectivity index (χ1) is 12.4. The van der Waals surface area contributed by atoms with Crippen molar-refractivity contribution < 1.29 is 4.39 Å². The average molecular weight is 371 g/mol. The first kappa shape index (κ1) is 17.1. The second kappa shape index (κ2) is 6.41. The van der Waals surface area contributed by atoms with Gasteiger partial charge in [0, 0.05) is 29.4 Å². The fourth-order valence-electron chi connectivity index (χ4n) is 3.31. The molecule has 1 aromatic heterocycles. The number of benzene rings is 2. The molecule has 4 rings (SSSR count). The predicted octanol–water partition coefficient (Wildman–Crippen LogP) is 4.92. The van der Waals surface area contributed by atoms with Gasteiger partial charge >= 0.3 is 0 Å². The van der Waals surface area contributed by atoms with E-state index in [2.05, 4.69) is 29.0 Å². The molecule has 0 radical (unpaired) electrons. The number of halogens is 2. The van der Waals surface area contributed by atoms with Crippen molar-refractivity contribution in [3.8, 4) is 11.3 Å². The monoisotopic (exact) mass is 370 g/mol. The van der Waals surface area contributed by atoms with Crippen LogP contribution in [0.5, 0.6) is 0 Å². The van der Waals surface area contributed by atoms with Gasteiger partial charge in [0.2, 0.25) is 0 Å². The van der Waals surface area contributed by atoms with Crippen LogP contribution < -0.4 is 10.6 Å². The number of fused-ring (bicyclic) bond motifs is 1. The third-order valence-electron chi connectivity index (χ3n) is 4.65. The molecular formula is C20H20ClFN4. The highest BCUT2D eigenvalue weighted by Crippen LogP contribution is 2.36. The standard InChI is InChI=1S/C20H20ClFN4/c1-20(2)19-25-17(13-3-7-15(22)8-4-13)18(26(19)12-11-23-20)24-16-9-5-14(21)6-10-16/h3-10,23-24H,11-12H2,1-2H3. The number of nitrogens with one attached hydrogen (secondary N) is 2. The van der Waals surface area contributed by atoms with Crippen molar-refractivity contribution >= 4 is 23.1 Å². The SMILES string of the molecule is CC1(C)NCCn2c1nc(-c1ccc(F)cc1)c2Nc1ccc(Cl)cc1. The van der Waals surface area contributed by atoms with E-state index in [1.807, 2.05) is 24.3 Å². The van der Waals surface area contributed by atoms with Gasteiger partial charge in [0.05, 0.1) is 5.54 Å². The molecule has 2 heterocycles. The summed E-state index contributed by atoms with van der Waals surface area (Å²) in [6.45, 7) is 5.90. The Balaban J connectivity index is 1.85. The van der Waals surface area contributed by atoms with E-state index in [1.54, 1.807) is 12.1 Å². The van der Waals surface area contributed by atoms with Crippen molar-refractivity contribution in [3.05, 3.63) is 65.2 Å². The van der Waals surface area contributed by atoms with Crippen LogP contribution in [0.2, 0.25) is 5.02 Å². The molecule has 1 aliphatic rings. The summed E-state index contributed by atoms with van der Waals surface area (Å²) in [6.07, 6.45) is 0. The molecular weight excluding hydrogens is 351 g/mol. The third-order valence-corrected chi connectivity index (χ3v) is 4.91. The maximum atomic E-state index is 13.4. The van der Waals surface area contributed by atoms with Crippen molar-refractivity contribution in [3.63, 3.8) is 0 Å². The van der Waals surface area contributed by atoms with Gasteiger partial charge in [-0.2, -0.15) is 0 Å². The summed E-state index contributed by atoms with van der Waals surface area (Å²) in [5.74, 6) is 1.61. The summed E-state index contributed by atoms with van der Waals surface area (Å²) in [6, 6.07) is 14.0. The smallest absolute Gasteiger partial charge is 0.138 e. The highest BCUT2D eigenvalue weighted by molar-refractivity contribution is 6.30. The van der Waals surface area contributed by atoms with Gasteiger partial charge in [-0.25, -0.2) is 9.37 Å². The summed E-state index contributed by atoms with van der Waals surface area (Å²) in [4.78, 5) is 4.91. The molecule has 0 bridgehead atoms. The molecule has 0 amide bonds. The molecule has 0 saturated carbocycles. The Labute approximate surface area is 157 Å². The fourth-order valence-corrected chi connectivity index (χ4v) is 3.44. The number of rotatable bonds is 3. The third kappa shape index (κ3) is 3.08. The van der Waals surface area contributed by atoms with Crippen molar-refractivity contribution in [2.45, 2.75) is 25.9 Å². The van der Waals surface area contributed by atoms with Gasteiger partial charge in [-0.05, 0) is 62.4 Å².